The molecule has 0 fully saturated rings. The van der Waals surface area contributed by atoms with E-state index in [0.717, 1.165) is 39.2 Å². The molecule has 152 valence electrons. The van der Waals surface area contributed by atoms with Gasteiger partial charge in [0.15, 0.2) is 5.76 Å². The smallest absolute Gasteiger partial charge is 0.244 e. The first-order chi connectivity index (χ1) is 15.1. The molecule has 0 bridgehead atoms. The number of carbonyl (C=O) groups excluding carboxylic acids is 1. The van der Waals surface area contributed by atoms with E-state index >= 15 is 0 Å². The molecule has 1 atom stereocenters. The largest absolute Gasteiger partial charge is 0.356 e. The van der Waals surface area contributed by atoms with Crippen LogP contribution in [0.4, 0.5) is 0 Å². The molecule has 0 spiro atoms. The maximum absolute atomic E-state index is 13.9. The van der Waals surface area contributed by atoms with Crippen molar-refractivity contribution in [3.05, 3.63) is 125 Å². The van der Waals surface area contributed by atoms with E-state index in [0.29, 0.717) is 5.76 Å². The minimum atomic E-state index is -1.06. The van der Waals surface area contributed by atoms with Gasteiger partial charge in [0.1, 0.15) is 5.41 Å². The Kier molecular flexibility index (Phi) is 4.55. The fraction of sp³-hybridized carbons (Fsp3) is 0.111. The Balaban J connectivity index is 1.90. The molecule has 4 nitrogen and oxygen atoms in total. The zero-order chi connectivity index (χ0) is 21.4. The van der Waals surface area contributed by atoms with Crippen LogP contribution in [-0.2, 0) is 10.2 Å². The Labute approximate surface area is 181 Å². The van der Waals surface area contributed by atoms with E-state index in [9.17, 15) is 4.79 Å². The van der Waals surface area contributed by atoms with Crippen LogP contribution in [0.25, 0.3) is 11.3 Å². The van der Waals surface area contributed by atoms with Gasteiger partial charge >= 0.3 is 0 Å². The molecule has 4 aromatic rings. The number of benzene rings is 3. The molecule has 1 aromatic heterocycles. The number of hydrogen-bond acceptors (Lipinski definition) is 3. The third-order valence-corrected chi connectivity index (χ3v) is 5.83. The molecule has 31 heavy (non-hydrogen) atoms. The fourth-order valence-electron chi connectivity index (χ4n) is 4.39. The molecule has 0 aliphatic carbocycles. The molecule has 1 amide bonds. The Morgan fingerprint density at radius 3 is 2.03 bits per heavy atom. The number of carbonyl (C=O) groups is 1. The summed E-state index contributed by atoms with van der Waals surface area (Å²) < 4.78 is 5.77. The van der Waals surface area contributed by atoms with E-state index in [-0.39, 0.29) is 5.91 Å². The van der Waals surface area contributed by atoms with Crippen LogP contribution in [0, 0.1) is 13.8 Å². The predicted octanol–water partition coefficient (Wildman–Crippen LogP) is 5.28. The van der Waals surface area contributed by atoms with Gasteiger partial charge in [0.2, 0.25) is 5.91 Å². The Hall–Kier alpha value is -3.92. The zero-order valence-electron chi connectivity index (χ0n) is 17.4. The van der Waals surface area contributed by atoms with Gasteiger partial charge in [0.25, 0.3) is 0 Å². The van der Waals surface area contributed by atoms with Crippen molar-refractivity contribution in [3.63, 3.8) is 0 Å². The Morgan fingerprint density at radius 2 is 1.42 bits per heavy atom. The average molecular weight is 406 g/mol. The monoisotopic (exact) mass is 406 g/mol. The van der Waals surface area contributed by atoms with E-state index in [4.69, 9.17) is 4.52 Å². The molecule has 3 aromatic carbocycles. The number of aromatic nitrogens is 1. The van der Waals surface area contributed by atoms with Gasteiger partial charge in [-0.05, 0) is 30.5 Å². The van der Waals surface area contributed by atoms with Crippen molar-refractivity contribution in [2.45, 2.75) is 19.3 Å². The lowest BCUT2D eigenvalue weighted by Gasteiger charge is -2.30. The van der Waals surface area contributed by atoms with E-state index in [1.165, 1.54) is 0 Å². The van der Waals surface area contributed by atoms with Gasteiger partial charge in [-0.2, -0.15) is 0 Å². The van der Waals surface area contributed by atoms with Gasteiger partial charge in [0.05, 0.1) is 11.4 Å². The molecule has 1 unspecified atom stereocenters. The summed E-state index contributed by atoms with van der Waals surface area (Å²) in [7, 11) is 0. The van der Waals surface area contributed by atoms with E-state index in [2.05, 4.69) is 10.5 Å². The molecule has 2 heterocycles. The van der Waals surface area contributed by atoms with Gasteiger partial charge < -0.3 is 9.84 Å². The quantitative estimate of drug-likeness (QED) is 0.502. The van der Waals surface area contributed by atoms with Crippen LogP contribution in [-0.4, -0.2) is 11.1 Å². The summed E-state index contributed by atoms with van der Waals surface area (Å²) in [5, 5.41) is 7.32. The minimum Gasteiger partial charge on any atom is -0.356 e. The number of nitrogens with zero attached hydrogens (tertiary/aromatic N) is 1. The second kappa shape index (κ2) is 7.40. The van der Waals surface area contributed by atoms with Gasteiger partial charge in [-0.3, -0.25) is 4.79 Å². The number of aryl methyl sites for hydroxylation is 2. The third-order valence-electron chi connectivity index (χ3n) is 5.83. The summed E-state index contributed by atoms with van der Waals surface area (Å²) in [5.74, 6) is 0.476. The molecule has 0 saturated carbocycles. The van der Waals surface area contributed by atoms with Crippen LogP contribution in [0.1, 0.15) is 33.7 Å². The first-order valence-electron chi connectivity index (χ1n) is 10.3. The first kappa shape index (κ1) is 19.1. The summed E-state index contributed by atoms with van der Waals surface area (Å²) in [5.41, 5.74) is 5.04. The highest BCUT2D eigenvalue weighted by atomic mass is 16.5. The van der Waals surface area contributed by atoms with Crippen molar-refractivity contribution in [2.75, 3.05) is 0 Å². The van der Waals surface area contributed by atoms with Crippen LogP contribution in [0.3, 0.4) is 0 Å². The standard InChI is InChI=1S/C27H22N2O2/c1-18-13-15-22(16-14-18)27(21-11-7-4-8-12-21)24(23-17-19(2)29-31-23)25(28-26(27)30)20-9-5-3-6-10-20/h3-17H,1-2H3,(H,28,30). The summed E-state index contributed by atoms with van der Waals surface area (Å²) in [6, 6.07) is 29.8. The lowest BCUT2D eigenvalue weighted by Crippen LogP contribution is -2.39. The predicted molar refractivity (Wildman–Crippen MR) is 121 cm³/mol. The second-order valence-corrected chi connectivity index (χ2v) is 7.88. The van der Waals surface area contributed by atoms with Crippen LogP contribution >= 0.6 is 0 Å². The lowest BCUT2D eigenvalue weighted by atomic mass is 9.68. The average Bonchev–Trinajstić information content (AvgIpc) is 3.36. The maximum Gasteiger partial charge on any atom is 0.244 e. The number of hydrogen-bond donors (Lipinski definition) is 1. The zero-order valence-corrected chi connectivity index (χ0v) is 17.4. The lowest BCUT2D eigenvalue weighted by molar-refractivity contribution is -0.121. The Bertz CT molecular complexity index is 1270. The van der Waals surface area contributed by atoms with Gasteiger partial charge in [-0.15, -0.1) is 0 Å². The van der Waals surface area contributed by atoms with E-state index in [1.807, 2.05) is 105 Å². The summed E-state index contributed by atoms with van der Waals surface area (Å²) in [6.07, 6.45) is 0. The van der Waals surface area contributed by atoms with Crippen molar-refractivity contribution in [2.24, 2.45) is 0 Å². The highest BCUT2D eigenvalue weighted by Crippen LogP contribution is 2.51. The highest BCUT2D eigenvalue weighted by Gasteiger charge is 2.53. The number of rotatable bonds is 4. The molecule has 1 aliphatic rings. The molecular formula is C27H22N2O2. The van der Waals surface area contributed by atoms with Crippen LogP contribution in [0.5, 0.6) is 0 Å². The normalized spacial score (nSPS) is 18.3. The summed E-state index contributed by atoms with van der Waals surface area (Å²) in [6.45, 7) is 3.93. The number of nitrogens with one attached hydrogen (secondary N) is 1. The van der Waals surface area contributed by atoms with Crippen molar-refractivity contribution in [1.29, 1.82) is 0 Å². The van der Waals surface area contributed by atoms with Crippen molar-refractivity contribution in [1.82, 2.24) is 10.5 Å². The minimum absolute atomic E-state index is 0.106. The Morgan fingerprint density at radius 1 is 0.806 bits per heavy atom. The van der Waals surface area contributed by atoms with E-state index < -0.39 is 5.41 Å². The fourth-order valence-corrected chi connectivity index (χ4v) is 4.39. The molecule has 0 radical (unpaired) electrons. The molecule has 0 saturated heterocycles. The second-order valence-electron chi connectivity index (χ2n) is 7.88. The van der Waals surface area contributed by atoms with Crippen LogP contribution in [0.15, 0.2) is 95.5 Å². The first-order valence-corrected chi connectivity index (χ1v) is 10.3. The molecule has 5 rings (SSSR count). The van der Waals surface area contributed by atoms with Gasteiger partial charge in [-0.1, -0.05) is 95.6 Å². The third kappa shape index (κ3) is 2.99. The molecule has 4 heteroatoms. The SMILES string of the molecule is Cc1ccc(C2(c3ccccc3)C(=O)NC(c3ccccc3)=C2c2cc(C)no2)cc1. The van der Waals surface area contributed by atoms with Crippen LogP contribution in [0.2, 0.25) is 0 Å². The number of amides is 1. The van der Waals surface area contributed by atoms with Gasteiger partial charge in [0, 0.05) is 11.6 Å². The molecule has 1 N–H and O–H groups in total. The van der Waals surface area contributed by atoms with Crippen molar-refractivity contribution < 1.29 is 9.32 Å². The molecular weight excluding hydrogens is 384 g/mol. The maximum atomic E-state index is 13.9. The van der Waals surface area contributed by atoms with E-state index in [1.54, 1.807) is 0 Å². The topological polar surface area (TPSA) is 55.1 Å². The highest BCUT2D eigenvalue weighted by molar-refractivity contribution is 6.20. The summed E-state index contributed by atoms with van der Waals surface area (Å²) in [4.78, 5) is 13.9. The van der Waals surface area contributed by atoms with Crippen LogP contribution < -0.4 is 5.32 Å². The van der Waals surface area contributed by atoms with Crippen molar-refractivity contribution >= 4 is 17.2 Å². The van der Waals surface area contributed by atoms with Crippen molar-refractivity contribution in [3.8, 4) is 0 Å². The van der Waals surface area contributed by atoms with Gasteiger partial charge in [-0.25, -0.2) is 0 Å². The summed E-state index contributed by atoms with van der Waals surface area (Å²) >= 11 is 0. The molecule has 1 aliphatic heterocycles.